The van der Waals surface area contributed by atoms with Gasteiger partial charge in [0.25, 0.3) is 0 Å². The predicted octanol–water partition coefficient (Wildman–Crippen LogP) is 9.58. The number of pyridine rings is 2. The molecule has 0 saturated carbocycles. The predicted molar refractivity (Wildman–Crippen MR) is 164 cm³/mol. The van der Waals surface area contributed by atoms with E-state index in [4.69, 9.17) is 11.6 Å². The zero-order valence-corrected chi connectivity index (χ0v) is 24.8. The maximum Gasteiger partial charge on any atom is 0.130 e. The molecule has 6 rings (SSSR count). The summed E-state index contributed by atoms with van der Waals surface area (Å²) in [4.78, 5) is 8.76. The minimum absolute atomic E-state index is 0.167. The van der Waals surface area contributed by atoms with E-state index in [0.717, 1.165) is 66.6 Å². The Morgan fingerprint density at radius 1 is 0.821 bits per heavy atom. The highest BCUT2D eigenvalue weighted by Crippen LogP contribution is 2.36. The Kier molecular flexibility index (Phi) is 8.55. The normalized spacial score (nSPS) is 13.2. The van der Waals surface area contributed by atoms with Crippen LogP contribution in [0.4, 0.5) is 8.78 Å². The van der Waals surface area contributed by atoms with Crippen molar-refractivity contribution in [2.24, 2.45) is 0 Å². The van der Waals surface area contributed by atoms with Crippen molar-refractivity contribution in [3.63, 3.8) is 0 Å². The number of alkyl halides is 1. The number of hydrogen-bond donors (Lipinski definition) is 0. The maximum atomic E-state index is 13.8. The second-order valence-corrected chi connectivity index (χ2v) is 11.4. The summed E-state index contributed by atoms with van der Waals surface area (Å²) in [6, 6.07) is 14.4. The van der Waals surface area contributed by atoms with Gasteiger partial charge in [-0.05, 0) is 109 Å². The van der Waals surface area contributed by atoms with Gasteiger partial charge in [0.05, 0.1) is 5.69 Å². The smallest absolute Gasteiger partial charge is 0.130 e. The first-order valence-corrected chi connectivity index (χ1v) is 14.4. The maximum absolute atomic E-state index is 13.8. The quantitative estimate of drug-likeness (QED) is 0.198. The number of halogens is 5. The fourth-order valence-electron chi connectivity index (χ4n) is 4.91. The summed E-state index contributed by atoms with van der Waals surface area (Å²) in [6.07, 6.45) is 11.2. The molecule has 39 heavy (non-hydrogen) atoms. The monoisotopic (exact) mass is 666 g/mol. The average molecular weight is 669 g/mol. The molecule has 2 aromatic heterocycles. The summed E-state index contributed by atoms with van der Waals surface area (Å²) in [5.74, 6) is 0.186. The second-order valence-electron chi connectivity index (χ2n) is 9.20. The van der Waals surface area contributed by atoms with Crippen molar-refractivity contribution in [1.82, 2.24) is 9.97 Å². The van der Waals surface area contributed by atoms with Crippen molar-refractivity contribution in [2.45, 2.75) is 19.3 Å². The molecule has 0 spiro atoms. The van der Waals surface area contributed by atoms with E-state index < -0.39 is 0 Å². The summed E-state index contributed by atoms with van der Waals surface area (Å²) in [5.41, 5.74) is 9.43. The largest absolute Gasteiger partial charge is 0.259 e. The molecule has 0 atom stereocenters. The van der Waals surface area contributed by atoms with E-state index in [2.05, 4.69) is 48.4 Å². The molecule has 2 aromatic carbocycles. The lowest BCUT2D eigenvalue weighted by atomic mass is 10.0. The molecule has 0 radical (unpaired) electrons. The van der Waals surface area contributed by atoms with Gasteiger partial charge in [0.15, 0.2) is 0 Å². The van der Waals surface area contributed by atoms with Crippen molar-refractivity contribution in [2.75, 3.05) is 5.88 Å². The van der Waals surface area contributed by atoms with Crippen LogP contribution in [0.2, 0.25) is 0 Å². The summed E-state index contributed by atoms with van der Waals surface area (Å²) in [5, 5.41) is 0. The fraction of sp³-hybridized carbons (Fsp3) is 0.125. The molecule has 2 aliphatic rings. The van der Waals surface area contributed by atoms with Crippen molar-refractivity contribution >= 4 is 72.8 Å². The van der Waals surface area contributed by atoms with Gasteiger partial charge in [0.2, 0.25) is 0 Å². The van der Waals surface area contributed by atoms with Crippen LogP contribution >= 0.6 is 43.5 Å². The Hall–Kier alpha value is -2.93. The molecule has 0 fully saturated rings. The standard InChI is InChI=1S/C16H12BrClFN.C16H11BrFN/c17-12-8-14(16(4-5-18)20-9-12)11-6-10-2-1-3-15(19)13(10)7-11;1-2-16-14(8-12(17)9-19-16)11-6-10-4-3-5-15(18)13(10)7-11/h1-3,7-9H,4-6H2;2-5,7-9H,1,6H2. The van der Waals surface area contributed by atoms with Gasteiger partial charge in [-0.3, -0.25) is 9.97 Å². The number of fused-ring (bicyclic) bond motifs is 2. The molecule has 0 saturated heterocycles. The number of allylic oxidation sites excluding steroid dienone is 2. The molecule has 196 valence electrons. The van der Waals surface area contributed by atoms with E-state index in [-0.39, 0.29) is 11.6 Å². The first-order chi connectivity index (χ1) is 18.9. The molecule has 0 N–H and O–H groups in total. The SMILES string of the molecule is C=Cc1ncc(Br)cc1C1=Cc2c(F)cccc2C1.Fc1cccc2c1C=C(c1cc(Br)cnc1CCCl)C2. The van der Waals surface area contributed by atoms with Crippen molar-refractivity contribution < 1.29 is 8.78 Å². The Balaban J connectivity index is 0.000000158. The molecular formula is C32H23Br2ClF2N2. The van der Waals surface area contributed by atoms with Gasteiger partial charge in [0.1, 0.15) is 11.6 Å². The van der Waals surface area contributed by atoms with Crippen LogP contribution in [0.1, 0.15) is 44.8 Å². The third-order valence-corrected chi connectivity index (χ3v) is 7.78. The number of benzene rings is 2. The van der Waals surface area contributed by atoms with E-state index >= 15 is 0 Å². The van der Waals surface area contributed by atoms with Gasteiger partial charge in [-0.1, -0.05) is 30.8 Å². The molecule has 2 heterocycles. The Morgan fingerprint density at radius 2 is 1.36 bits per heavy atom. The molecule has 2 aliphatic carbocycles. The molecule has 4 aromatic rings. The number of aryl methyl sites for hydroxylation is 1. The van der Waals surface area contributed by atoms with Crippen molar-refractivity contribution in [1.29, 1.82) is 0 Å². The van der Waals surface area contributed by atoms with Gasteiger partial charge in [-0.25, -0.2) is 8.78 Å². The molecule has 0 amide bonds. The zero-order valence-electron chi connectivity index (χ0n) is 20.8. The summed E-state index contributed by atoms with van der Waals surface area (Å²) < 4.78 is 29.4. The third-order valence-electron chi connectivity index (χ3n) is 6.72. The summed E-state index contributed by atoms with van der Waals surface area (Å²) in [6.45, 7) is 3.78. The molecule has 0 unspecified atom stereocenters. The minimum Gasteiger partial charge on any atom is -0.259 e. The minimum atomic E-state index is -0.171. The molecule has 0 aliphatic heterocycles. The highest BCUT2D eigenvalue weighted by molar-refractivity contribution is 9.10. The lowest BCUT2D eigenvalue weighted by molar-refractivity contribution is 0.623. The van der Waals surface area contributed by atoms with Gasteiger partial charge in [0, 0.05) is 61.6 Å². The van der Waals surface area contributed by atoms with Crippen LogP contribution in [0.15, 0.2) is 76.4 Å². The van der Waals surface area contributed by atoms with E-state index in [1.54, 1.807) is 30.6 Å². The van der Waals surface area contributed by atoms with Crippen LogP contribution in [0.3, 0.4) is 0 Å². The number of aromatic nitrogens is 2. The highest BCUT2D eigenvalue weighted by atomic mass is 79.9. The van der Waals surface area contributed by atoms with E-state index in [1.807, 2.05) is 36.4 Å². The van der Waals surface area contributed by atoms with E-state index in [1.165, 1.54) is 12.1 Å². The Labute approximate surface area is 248 Å². The van der Waals surface area contributed by atoms with Crippen LogP contribution in [0.5, 0.6) is 0 Å². The van der Waals surface area contributed by atoms with Crippen LogP contribution in [-0.4, -0.2) is 15.8 Å². The molecule has 0 bridgehead atoms. The zero-order chi connectivity index (χ0) is 27.5. The van der Waals surface area contributed by atoms with Crippen molar-refractivity contribution in [3.05, 3.63) is 133 Å². The number of hydrogen-bond acceptors (Lipinski definition) is 2. The number of rotatable bonds is 5. The Bertz CT molecular complexity index is 1650. The van der Waals surface area contributed by atoms with Crippen LogP contribution in [0, 0.1) is 11.6 Å². The molecule has 2 nitrogen and oxygen atoms in total. The van der Waals surface area contributed by atoms with Crippen molar-refractivity contribution in [3.8, 4) is 0 Å². The van der Waals surface area contributed by atoms with Crippen LogP contribution in [-0.2, 0) is 19.3 Å². The van der Waals surface area contributed by atoms with Crippen LogP contribution < -0.4 is 0 Å². The Morgan fingerprint density at radius 3 is 1.90 bits per heavy atom. The van der Waals surface area contributed by atoms with E-state index in [9.17, 15) is 8.78 Å². The lowest BCUT2D eigenvalue weighted by Crippen LogP contribution is -1.99. The fourth-order valence-corrected chi connectivity index (χ4v) is 5.75. The van der Waals surface area contributed by atoms with Gasteiger partial charge < -0.3 is 0 Å². The van der Waals surface area contributed by atoms with Gasteiger partial charge in [-0.15, -0.1) is 11.6 Å². The second kappa shape index (κ2) is 12.1. The van der Waals surface area contributed by atoms with Gasteiger partial charge in [-0.2, -0.15) is 0 Å². The highest BCUT2D eigenvalue weighted by Gasteiger charge is 2.20. The molecule has 7 heteroatoms. The first kappa shape index (κ1) is 27.6. The summed E-state index contributed by atoms with van der Waals surface area (Å²) in [7, 11) is 0. The van der Waals surface area contributed by atoms with Gasteiger partial charge >= 0.3 is 0 Å². The number of nitrogens with zero attached hydrogens (tertiary/aromatic N) is 2. The summed E-state index contributed by atoms with van der Waals surface area (Å²) >= 11 is 12.7. The average Bonchev–Trinajstić information content (AvgIpc) is 3.57. The topological polar surface area (TPSA) is 25.8 Å². The molecular weight excluding hydrogens is 646 g/mol. The van der Waals surface area contributed by atoms with Crippen LogP contribution in [0.25, 0.3) is 29.4 Å². The van der Waals surface area contributed by atoms with E-state index in [0.29, 0.717) is 23.4 Å². The third kappa shape index (κ3) is 5.98. The first-order valence-electron chi connectivity index (χ1n) is 12.3. The lowest BCUT2D eigenvalue weighted by Gasteiger charge is -2.09.